The predicted molar refractivity (Wildman–Crippen MR) is 165 cm³/mol. The lowest BCUT2D eigenvalue weighted by Gasteiger charge is -2.12. The Morgan fingerprint density at radius 3 is 2.40 bits per heavy atom. The standard InChI is InChI=1S/C33H30N8O/c1-4-9-30-35-31-21(2)18-24(32-34-26-11-6-8-13-28(26)39(32)3)19-29(31)40(30)20-22-14-16-23(17-15-22)25-10-5-7-12-27(25)41-33(42)36-37-38-41/h5-8,10-19H,4,9,20H2,1-3H3,(H,36,38,42). The van der Waals surface area contributed by atoms with Crippen molar-refractivity contribution in [3.63, 3.8) is 0 Å². The van der Waals surface area contributed by atoms with E-state index in [9.17, 15) is 4.79 Å². The van der Waals surface area contributed by atoms with Crippen LogP contribution in [0.15, 0.2) is 89.7 Å². The fraction of sp³-hybridized carbons (Fsp3) is 0.182. The van der Waals surface area contributed by atoms with Gasteiger partial charge in [-0.05, 0) is 70.8 Å². The van der Waals surface area contributed by atoms with Crippen LogP contribution in [0.4, 0.5) is 0 Å². The van der Waals surface area contributed by atoms with E-state index in [1.54, 1.807) is 0 Å². The van der Waals surface area contributed by atoms with Crippen molar-refractivity contribution >= 4 is 22.1 Å². The fourth-order valence-electron chi connectivity index (χ4n) is 5.79. The Kier molecular flexibility index (Phi) is 6.27. The number of hydrogen-bond donors (Lipinski definition) is 1. The second kappa shape index (κ2) is 10.3. The summed E-state index contributed by atoms with van der Waals surface area (Å²) in [6.45, 7) is 5.02. The number of tetrazole rings is 1. The minimum Gasteiger partial charge on any atom is -0.327 e. The van der Waals surface area contributed by atoms with Gasteiger partial charge in [-0.3, -0.25) is 0 Å². The topological polar surface area (TPSA) is 99.2 Å². The van der Waals surface area contributed by atoms with Crippen LogP contribution in [0.3, 0.4) is 0 Å². The lowest BCUT2D eigenvalue weighted by molar-refractivity contribution is 0.722. The molecule has 1 N–H and O–H groups in total. The number of aromatic amines is 1. The van der Waals surface area contributed by atoms with Gasteiger partial charge < -0.3 is 9.13 Å². The van der Waals surface area contributed by atoms with E-state index in [-0.39, 0.29) is 5.69 Å². The predicted octanol–water partition coefficient (Wildman–Crippen LogP) is 5.84. The molecule has 0 amide bonds. The van der Waals surface area contributed by atoms with E-state index in [1.165, 1.54) is 4.68 Å². The zero-order valence-corrected chi connectivity index (χ0v) is 23.7. The van der Waals surface area contributed by atoms with Gasteiger partial charge in [-0.2, -0.15) is 4.68 Å². The first-order valence-corrected chi connectivity index (χ1v) is 14.1. The highest BCUT2D eigenvalue weighted by Crippen LogP contribution is 2.31. The van der Waals surface area contributed by atoms with Gasteiger partial charge in [-0.25, -0.2) is 19.9 Å². The Morgan fingerprint density at radius 1 is 0.857 bits per heavy atom. The molecule has 3 heterocycles. The van der Waals surface area contributed by atoms with Gasteiger partial charge in [0.2, 0.25) is 0 Å². The van der Waals surface area contributed by atoms with Crippen LogP contribution in [-0.2, 0) is 20.0 Å². The minimum absolute atomic E-state index is 0.372. The van der Waals surface area contributed by atoms with Gasteiger partial charge in [0.05, 0.1) is 27.8 Å². The first kappa shape index (κ1) is 25.6. The fourth-order valence-corrected chi connectivity index (χ4v) is 5.79. The lowest BCUT2D eigenvalue weighted by Crippen LogP contribution is -2.16. The molecular formula is C33H30N8O. The Hall–Kier alpha value is -5.31. The third-order valence-electron chi connectivity index (χ3n) is 7.85. The average Bonchev–Trinajstić information content (AvgIpc) is 3.69. The Labute approximate surface area is 242 Å². The molecule has 0 saturated carbocycles. The van der Waals surface area contributed by atoms with Crippen LogP contribution in [-0.4, -0.2) is 39.3 Å². The summed E-state index contributed by atoms with van der Waals surface area (Å²) in [5.74, 6) is 2.03. The van der Waals surface area contributed by atoms with Gasteiger partial charge in [0.25, 0.3) is 0 Å². The summed E-state index contributed by atoms with van der Waals surface area (Å²) < 4.78 is 5.78. The van der Waals surface area contributed by atoms with Gasteiger partial charge in [-0.15, -0.1) is 0 Å². The molecule has 0 fully saturated rings. The van der Waals surface area contributed by atoms with Crippen LogP contribution in [0.5, 0.6) is 0 Å². The molecule has 9 heteroatoms. The van der Waals surface area contributed by atoms with Crippen molar-refractivity contribution in [1.29, 1.82) is 0 Å². The van der Waals surface area contributed by atoms with Crippen molar-refractivity contribution in [1.82, 2.24) is 39.3 Å². The van der Waals surface area contributed by atoms with Crippen LogP contribution in [0.2, 0.25) is 0 Å². The van der Waals surface area contributed by atoms with Gasteiger partial charge in [0.1, 0.15) is 11.6 Å². The molecule has 0 spiro atoms. The number of rotatable bonds is 7. The number of benzene rings is 4. The summed E-state index contributed by atoms with van der Waals surface area (Å²) in [5.41, 5.74) is 9.84. The van der Waals surface area contributed by atoms with E-state index in [0.29, 0.717) is 12.2 Å². The Morgan fingerprint density at radius 2 is 1.64 bits per heavy atom. The molecule has 208 valence electrons. The summed E-state index contributed by atoms with van der Waals surface area (Å²) in [7, 11) is 2.07. The maximum Gasteiger partial charge on any atom is 0.365 e. The van der Waals surface area contributed by atoms with Crippen molar-refractivity contribution in [2.24, 2.45) is 7.05 Å². The monoisotopic (exact) mass is 554 g/mol. The largest absolute Gasteiger partial charge is 0.365 e. The molecule has 4 aromatic carbocycles. The maximum absolute atomic E-state index is 12.2. The molecule has 0 aliphatic carbocycles. The Bertz CT molecular complexity index is 2130. The summed E-state index contributed by atoms with van der Waals surface area (Å²) in [5, 5.41) is 9.95. The van der Waals surface area contributed by atoms with E-state index in [2.05, 4.69) is 94.1 Å². The minimum atomic E-state index is -0.372. The normalized spacial score (nSPS) is 11.6. The van der Waals surface area contributed by atoms with Crippen LogP contribution in [0, 0.1) is 6.92 Å². The summed E-state index contributed by atoms with van der Waals surface area (Å²) in [4.78, 5) is 22.3. The molecule has 3 aromatic heterocycles. The zero-order valence-electron chi connectivity index (χ0n) is 23.7. The van der Waals surface area contributed by atoms with Crippen LogP contribution in [0.1, 0.15) is 30.3 Å². The van der Waals surface area contributed by atoms with Crippen molar-refractivity contribution in [3.05, 3.63) is 112 Å². The maximum atomic E-state index is 12.2. The average molecular weight is 555 g/mol. The van der Waals surface area contributed by atoms with E-state index in [4.69, 9.17) is 9.97 Å². The number of aromatic nitrogens is 8. The number of para-hydroxylation sites is 3. The van der Waals surface area contributed by atoms with Crippen LogP contribution in [0.25, 0.3) is 50.3 Å². The number of hydrogen-bond acceptors (Lipinski definition) is 5. The SMILES string of the molecule is CCCc1nc2c(C)cc(-c3nc4ccccc4n3C)cc2n1Cc1ccc(-c2ccccc2-n2nn[nH]c2=O)cc1. The third kappa shape index (κ3) is 4.30. The molecule has 0 aliphatic heterocycles. The van der Waals surface area contributed by atoms with Crippen LogP contribution >= 0.6 is 0 Å². The second-order valence-corrected chi connectivity index (χ2v) is 10.6. The molecule has 7 rings (SSSR count). The van der Waals surface area contributed by atoms with Gasteiger partial charge in [0, 0.05) is 31.1 Å². The lowest BCUT2D eigenvalue weighted by atomic mass is 10.0. The van der Waals surface area contributed by atoms with Gasteiger partial charge >= 0.3 is 5.69 Å². The molecule has 0 saturated heterocycles. The molecule has 0 atom stereocenters. The highest BCUT2D eigenvalue weighted by atomic mass is 16.2. The van der Waals surface area contributed by atoms with Crippen molar-refractivity contribution in [2.75, 3.05) is 0 Å². The number of imidazole rings is 2. The van der Waals surface area contributed by atoms with Gasteiger partial charge in [0.15, 0.2) is 0 Å². The molecule has 7 aromatic rings. The third-order valence-corrected chi connectivity index (χ3v) is 7.85. The van der Waals surface area contributed by atoms with Crippen molar-refractivity contribution < 1.29 is 0 Å². The number of fused-ring (bicyclic) bond motifs is 2. The molecule has 9 nitrogen and oxygen atoms in total. The van der Waals surface area contributed by atoms with Crippen molar-refractivity contribution in [3.8, 4) is 28.2 Å². The molecule has 0 unspecified atom stereocenters. The smallest absolute Gasteiger partial charge is 0.327 e. The molecule has 0 bridgehead atoms. The van der Waals surface area contributed by atoms with Gasteiger partial charge in [-0.1, -0.05) is 61.5 Å². The van der Waals surface area contributed by atoms with E-state index < -0.39 is 0 Å². The van der Waals surface area contributed by atoms with Crippen LogP contribution < -0.4 is 5.69 Å². The van der Waals surface area contributed by atoms with E-state index in [1.807, 2.05) is 36.4 Å². The number of aryl methyl sites for hydroxylation is 3. The quantitative estimate of drug-likeness (QED) is 0.267. The summed E-state index contributed by atoms with van der Waals surface area (Å²) in [6, 6.07) is 28.8. The first-order valence-electron chi connectivity index (χ1n) is 14.1. The zero-order chi connectivity index (χ0) is 28.8. The molecule has 42 heavy (non-hydrogen) atoms. The summed E-state index contributed by atoms with van der Waals surface area (Å²) in [6.07, 6.45) is 1.91. The summed E-state index contributed by atoms with van der Waals surface area (Å²) >= 11 is 0. The molecule has 0 radical (unpaired) electrons. The Balaban J connectivity index is 1.28. The number of H-pyrrole nitrogens is 1. The van der Waals surface area contributed by atoms with Crippen molar-refractivity contribution in [2.45, 2.75) is 33.2 Å². The number of nitrogens with one attached hydrogen (secondary N) is 1. The molecular weight excluding hydrogens is 524 g/mol. The highest BCUT2D eigenvalue weighted by Gasteiger charge is 2.17. The van der Waals surface area contributed by atoms with E-state index in [0.717, 1.165) is 74.4 Å². The number of nitrogens with zero attached hydrogens (tertiary/aromatic N) is 7. The first-order chi connectivity index (χ1) is 20.5. The second-order valence-electron chi connectivity index (χ2n) is 10.6. The van der Waals surface area contributed by atoms with E-state index >= 15 is 0 Å². The molecule has 0 aliphatic rings. The highest BCUT2D eigenvalue weighted by molar-refractivity contribution is 5.87.